The van der Waals surface area contributed by atoms with Crippen molar-refractivity contribution in [2.24, 2.45) is 0 Å². The van der Waals surface area contributed by atoms with Gasteiger partial charge < -0.3 is 14.3 Å². The summed E-state index contributed by atoms with van der Waals surface area (Å²) >= 11 is 0. The minimum atomic E-state index is -0.729. The predicted molar refractivity (Wildman–Crippen MR) is 138 cm³/mol. The van der Waals surface area contributed by atoms with Crippen molar-refractivity contribution in [3.8, 4) is 0 Å². The van der Waals surface area contributed by atoms with Crippen LogP contribution in [0.5, 0.6) is 0 Å². The number of unbranched alkanes of at least 4 members (excludes halogenated alkanes) is 14. The van der Waals surface area contributed by atoms with Gasteiger partial charge in [0.25, 0.3) is 0 Å². The molecule has 0 heterocycles. The first kappa shape index (κ1) is 31.9. The summed E-state index contributed by atoms with van der Waals surface area (Å²) in [6, 6.07) is 0. The molecular formula is C28H56NO4+. The van der Waals surface area contributed by atoms with Crippen LogP contribution in [-0.4, -0.2) is 54.8 Å². The molecular weight excluding hydrogens is 414 g/mol. The first-order valence-corrected chi connectivity index (χ1v) is 14.0. The van der Waals surface area contributed by atoms with E-state index in [1.807, 2.05) is 6.92 Å². The third-order valence-electron chi connectivity index (χ3n) is 6.57. The first-order valence-electron chi connectivity index (χ1n) is 14.0. The van der Waals surface area contributed by atoms with Crippen molar-refractivity contribution >= 4 is 11.9 Å². The average molecular weight is 471 g/mol. The Morgan fingerprint density at radius 2 is 1.21 bits per heavy atom. The summed E-state index contributed by atoms with van der Waals surface area (Å²) < 4.78 is 6.51. The smallest absolute Gasteiger partial charge is 0.305 e. The second-order valence-electron chi connectivity index (χ2n) is 10.5. The third-order valence-corrected chi connectivity index (χ3v) is 6.57. The number of quaternary nitrogens is 1. The largest absolute Gasteiger partial charge is 0.481 e. The third kappa shape index (κ3) is 22.5. The fourth-order valence-electron chi connectivity index (χ4n) is 4.48. The molecule has 0 fully saturated rings. The molecule has 1 unspecified atom stereocenters. The molecule has 0 aliphatic heterocycles. The molecule has 0 saturated heterocycles. The monoisotopic (exact) mass is 470 g/mol. The molecule has 0 rings (SSSR count). The quantitative estimate of drug-likeness (QED) is 0.0900. The summed E-state index contributed by atoms with van der Waals surface area (Å²) in [5.74, 6) is -0.843. The highest BCUT2D eigenvalue weighted by molar-refractivity contribution is 5.69. The van der Waals surface area contributed by atoms with Gasteiger partial charge in [-0.2, -0.15) is 0 Å². The summed E-state index contributed by atoms with van der Waals surface area (Å²) in [6.07, 6.45) is 22.0. The second-order valence-corrected chi connectivity index (χ2v) is 10.5. The van der Waals surface area contributed by atoms with Crippen molar-refractivity contribution < 1.29 is 23.9 Å². The SMILES string of the molecule is CCCCCCCCCCCCCCCCC(C[N+](C)(C)CCCCC(=O)O)OC(=O)CC. The maximum Gasteiger partial charge on any atom is 0.305 e. The van der Waals surface area contributed by atoms with Crippen molar-refractivity contribution in [1.29, 1.82) is 0 Å². The van der Waals surface area contributed by atoms with Crippen LogP contribution in [0.2, 0.25) is 0 Å². The van der Waals surface area contributed by atoms with Crippen molar-refractivity contribution in [3.63, 3.8) is 0 Å². The van der Waals surface area contributed by atoms with Crippen LogP contribution >= 0.6 is 0 Å². The van der Waals surface area contributed by atoms with Gasteiger partial charge in [-0.25, -0.2) is 0 Å². The molecule has 196 valence electrons. The van der Waals surface area contributed by atoms with E-state index in [1.54, 1.807) is 0 Å². The van der Waals surface area contributed by atoms with Crippen LogP contribution in [0.3, 0.4) is 0 Å². The average Bonchev–Trinajstić information content (AvgIpc) is 2.76. The number of carboxylic acids is 1. The van der Waals surface area contributed by atoms with Crippen molar-refractivity contribution in [2.45, 2.75) is 142 Å². The van der Waals surface area contributed by atoms with Gasteiger partial charge in [-0.1, -0.05) is 97.3 Å². The maximum absolute atomic E-state index is 11.9. The van der Waals surface area contributed by atoms with E-state index in [0.717, 1.165) is 36.8 Å². The zero-order valence-electron chi connectivity index (χ0n) is 22.5. The molecule has 33 heavy (non-hydrogen) atoms. The lowest BCUT2D eigenvalue weighted by Gasteiger charge is -2.33. The number of nitrogens with zero attached hydrogens (tertiary/aromatic N) is 1. The van der Waals surface area contributed by atoms with Gasteiger partial charge in [0.05, 0.1) is 20.6 Å². The summed E-state index contributed by atoms with van der Waals surface area (Å²) in [4.78, 5) is 22.6. The van der Waals surface area contributed by atoms with E-state index in [0.29, 0.717) is 12.8 Å². The highest BCUT2D eigenvalue weighted by atomic mass is 16.5. The highest BCUT2D eigenvalue weighted by Gasteiger charge is 2.24. The molecule has 1 N–H and O–H groups in total. The second kappa shape index (κ2) is 21.4. The van der Waals surface area contributed by atoms with E-state index >= 15 is 0 Å². The van der Waals surface area contributed by atoms with E-state index in [1.165, 1.54) is 83.5 Å². The van der Waals surface area contributed by atoms with Gasteiger partial charge in [0.15, 0.2) is 6.10 Å². The number of hydrogen-bond acceptors (Lipinski definition) is 3. The van der Waals surface area contributed by atoms with E-state index in [4.69, 9.17) is 9.84 Å². The Hall–Kier alpha value is -1.10. The molecule has 0 amide bonds. The number of hydrogen-bond donors (Lipinski definition) is 1. The van der Waals surface area contributed by atoms with Gasteiger partial charge in [0.2, 0.25) is 0 Å². The molecule has 5 nitrogen and oxygen atoms in total. The molecule has 0 aromatic heterocycles. The Morgan fingerprint density at radius 1 is 0.727 bits per heavy atom. The van der Waals surface area contributed by atoms with Crippen LogP contribution in [0.25, 0.3) is 0 Å². The molecule has 0 spiro atoms. The first-order chi connectivity index (χ1) is 15.8. The van der Waals surface area contributed by atoms with Gasteiger partial charge >= 0.3 is 11.9 Å². The minimum absolute atomic E-state index is 0.0377. The Labute approximate surface area is 205 Å². The number of ether oxygens (including phenoxy) is 1. The fraction of sp³-hybridized carbons (Fsp3) is 0.929. The summed E-state index contributed by atoms with van der Waals surface area (Å²) in [7, 11) is 4.30. The molecule has 0 aromatic rings. The molecule has 0 radical (unpaired) electrons. The number of esters is 1. The number of likely N-dealkylation sites (N-methyl/N-ethyl adjacent to an activating group) is 1. The Morgan fingerprint density at radius 3 is 1.67 bits per heavy atom. The molecule has 0 bridgehead atoms. The van der Waals surface area contributed by atoms with E-state index in [9.17, 15) is 9.59 Å². The Balaban J connectivity index is 3.93. The number of rotatable bonds is 24. The van der Waals surface area contributed by atoms with E-state index in [-0.39, 0.29) is 18.5 Å². The van der Waals surface area contributed by atoms with Gasteiger partial charge in [0, 0.05) is 12.8 Å². The topological polar surface area (TPSA) is 63.6 Å². The van der Waals surface area contributed by atoms with Crippen molar-refractivity contribution in [1.82, 2.24) is 0 Å². The van der Waals surface area contributed by atoms with Crippen molar-refractivity contribution in [2.75, 3.05) is 27.2 Å². The molecule has 5 heteroatoms. The molecule has 0 aliphatic rings. The maximum atomic E-state index is 11.9. The normalized spacial score (nSPS) is 12.6. The lowest BCUT2D eigenvalue weighted by molar-refractivity contribution is -0.893. The Kier molecular flexibility index (Phi) is 20.7. The van der Waals surface area contributed by atoms with Crippen LogP contribution in [-0.2, 0) is 14.3 Å². The number of carboxylic acid groups (broad SMARTS) is 1. The van der Waals surface area contributed by atoms with E-state index < -0.39 is 5.97 Å². The van der Waals surface area contributed by atoms with Crippen LogP contribution < -0.4 is 0 Å². The molecule has 0 saturated carbocycles. The van der Waals surface area contributed by atoms with Crippen LogP contribution in [0.4, 0.5) is 0 Å². The van der Waals surface area contributed by atoms with Crippen LogP contribution in [0.1, 0.15) is 136 Å². The van der Waals surface area contributed by atoms with Gasteiger partial charge in [0.1, 0.15) is 6.54 Å². The van der Waals surface area contributed by atoms with Gasteiger partial charge in [-0.05, 0) is 25.7 Å². The van der Waals surface area contributed by atoms with Crippen molar-refractivity contribution in [3.05, 3.63) is 0 Å². The van der Waals surface area contributed by atoms with Crippen LogP contribution in [0, 0.1) is 0 Å². The van der Waals surface area contributed by atoms with Crippen LogP contribution in [0.15, 0.2) is 0 Å². The predicted octanol–water partition coefficient (Wildman–Crippen LogP) is 7.51. The summed E-state index contributed by atoms with van der Waals surface area (Å²) in [6.45, 7) is 5.83. The minimum Gasteiger partial charge on any atom is -0.481 e. The zero-order valence-corrected chi connectivity index (χ0v) is 22.5. The molecule has 0 aliphatic carbocycles. The number of carbonyl (C=O) groups is 2. The standard InChI is InChI=1S/C28H55NO4/c1-5-7-8-9-10-11-12-13-14-15-16-17-18-19-22-26(33-28(32)6-2)25-29(3,4)24-21-20-23-27(30)31/h26H,5-25H2,1-4H3/p+1. The Bertz CT molecular complexity index is 479. The molecule has 0 aromatic carbocycles. The van der Waals surface area contributed by atoms with Gasteiger partial charge in [-0.15, -0.1) is 0 Å². The highest BCUT2D eigenvalue weighted by Crippen LogP contribution is 2.16. The summed E-state index contributed by atoms with van der Waals surface area (Å²) in [5, 5.41) is 8.81. The molecule has 1 atom stereocenters. The lowest BCUT2D eigenvalue weighted by Crippen LogP contribution is -2.47. The van der Waals surface area contributed by atoms with E-state index in [2.05, 4.69) is 21.0 Å². The number of aliphatic carboxylic acids is 1. The zero-order chi connectivity index (χ0) is 24.8. The lowest BCUT2D eigenvalue weighted by atomic mass is 10.0. The fourth-order valence-corrected chi connectivity index (χ4v) is 4.48. The van der Waals surface area contributed by atoms with Gasteiger partial charge in [-0.3, -0.25) is 9.59 Å². The number of carbonyl (C=O) groups excluding carboxylic acids is 1. The summed E-state index contributed by atoms with van der Waals surface area (Å²) in [5.41, 5.74) is 0.